The largest absolute Gasteiger partial charge is 0.348 e. The average molecular weight is 243 g/mol. The number of hydrogen-bond acceptors (Lipinski definition) is 3. The molecule has 0 fully saturated rings. The first kappa shape index (κ1) is 10.8. The Morgan fingerprint density at radius 1 is 1.22 bits per heavy atom. The maximum atomic E-state index is 11.2. The summed E-state index contributed by atoms with van der Waals surface area (Å²) in [5, 5.41) is 0. The number of benzene rings is 1. The average Bonchev–Trinajstić information content (AvgIpc) is 2.93. The van der Waals surface area contributed by atoms with Gasteiger partial charge in [0.05, 0.1) is 23.1 Å². The molecule has 6 heteroatoms. The summed E-state index contributed by atoms with van der Waals surface area (Å²) in [5.74, 6) is 0. The summed E-state index contributed by atoms with van der Waals surface area (Å²) < 4.78 is 0. The molecule has 0 saturated heterocycles. The van der Waals surface area contributed by atoms with Crippen LogP contribution in [0.4, 0.5) is 0 Å². The van der Waals surface area contributed by atoms with E-state index in [9.17, 15) is 4.79 Å². The quantitative estimate of drug-likeness (QED) is 0.545. The lowest BCUT2D eigenvalue weighted by molar-refractivity contribution is 0.937. The van der Waals surface area contributed by atoms with Crippen LogP contribution in [0.5, 0.6) is 0 Å². The highest BCUT2D eigenvalue weighted by Gasteiger charge is 2.09. The van der Waals surface area contributed by atoms with Crippen LogP contribution in [0.3, 0.4) is 0 Å². The van der Waals surface area contributed by atoms with Crippen LogP contribution in [-0.4, -0.2) is 26.5 Å². The Kier molecular flexibility index (Phi) is 2.49. The Morgan fingerprint density at radius 3 is 2.89 bits per heavy atom. The van der Waals surface area contributed by atoms with E-state index in [1.165, 1.54) is 0 Å². The molecule has 1 aromatic carbocycles. The Labute approximate surface area is 102 Å². The predicted molar refractivity (Wildman–Crippen MR) is 69.3 cm³/mol. The summed E-state index contributed by atoms with van der Waals surface area (Å²) in [4.78, 5) is 24.0. The second-order valence-corrected chi connectivity index (χ2v) is 4.11. The molecule has 18 heavy (non-hydrogen) atoms. The third kappa shape index (κ3) is 1.72. The van der Waals surface area contributed by atoms with Crippen molar-refractivity contribution >= 4 is 11.0 Å². The molecule has 6 nitrogen and oxygen atoms in total. The van der Waals surface area contributed by atoms with E-state index in [1.807, 2.05) is 18.2 Å². The molecule has 2 heterocycles. The lowest BCUT2D eigenvalue weighted by Crippen LogP contribution is -2.04. The van der Waals surface area contributed by atoms with Crippen molar-refractivity contribution in [1.29, 1.82) is 0 Å². The number of aromatic amines is 3. The molecule has 0 amide bonds. The first-order valence-electron chi connectivity index (χ1n) is 5.72. The molecule has 92 valence electrons. The third-order valence-electron chi connectivity index (χ3n) is 2.90. The van der Waals surface area contributed by atoms with E-state index in [-0.39, 0.29) is 5.69 Å². The molecule has 5 N–H and O–H groups in total. The molecular formula is C12H13N5O. The molecule has 0 atom stereocenters. The van der Waals surface area contributed by atoms with E-state index in [0.717, 1.165) is 34.4 Å². The van der Waals surface area contributed by atoms with Gasteiger partial charge in [0.1, 0.15) is 0 Å². The Morgan fingerprint density at radius 2 is 2.06 bits per heavy atom. The molecule has 0 aliphatic carbocycles. The second-order valence-electron chi connectivity index (χ2n) is 4.11. The number of fused-ring (bicyclic) bond motifs is 1. The highest BCUT2D eigenvalue weighted by atomic mass is 16.1. The molecule has 0 unspecified atom stereocenters. The highest BCUT2D eigenvalue weighted by Crippen LogP contribution is 2.23. The van der Waals surface area contributed by atoms with Crippen LogP contribution in [0.1, 0.15) is 5.69 Å². The van der Waals surface area contributed by atoms with Crippen molar-refractivity contribution in [1.82, 2.24) is 19.9 Å². The van der Waals surface area contributed by atoms with Crippen LogP contribution in [0.25, 0.3) is 22.3 Å². The van der Waals surface area contributed by atoms with Crippen molar-refractivity contribution in [2.24, 2.45) is 5.73 Å². The molecule has 2 aromatic heterocycles. The Balaban J connectivity index is 2.12. The third-order valence-corrected chi connectivity index (χ3v) is 2.90. The summed E-state index contributed by atoms with van der Waals surface area (Å²) in [5.41, 5.74) is 9.77. The van der Waals surface area contributed by atoms with Gasteiger partial charge in [-0.05, 0) is 18.7 Å². The minimum absolute atomic E-state index is 0.202. The summed E-state index contributed by atoms with van der Waals surface area (Å²) in [6.07, 6.45) is 2.40. The van der Waals surface area contributed by atoms with E-state index >= 15 is 0 Å². The van der Waals surface area contributed by atoms with Crippen LogP contribution in [0, 0.1) is 0 Å². The molecule has 0 bridgehead atoms. The van der Waals surface area contributed by atoms with Crippen molar-refractivity contribution in [3.8, 4) is 11.3 Å². The SMILES string of the molecule is NCCc1[nH]cnc1-c1ccc2[nH]c(=O)[nH]c2c1. The van der Waals surface area contributed by atoms with Gasteiger partial charge in [0.2, 0.25) is 0 Å². The van der Waals surface area contributed by atoms with Gasteiger partial charge in [-0.3, -0.25) is 0 Å². The minimum Gasteiger partial charge on any atom is -0.348 e. The number of nitrogens with two attached hydrogens (primary N) is 1. The van der Waals surface area contributed by atoms with Gasteiger partial charge in [-0.25, -0.2) is 9.78 Å². The molecule has 3 aromatic rings. The van der Waals surface area contributed by atoms with E-state index in [0.29, 0.717) is 6.54 Å². The molecule has 0 aliphatic rings. The Hall–Kier alpha value is -2.34. The number of H-pyrrole nitrogens is 3. The van der Waals surface area contributed by atoms with Gasteiger partial charge >= 0.3 is 5.69 Å². The zero-order chi connectivity index (χ0) is 12.5. The highest BCUT2D eigenvalue weighted by molar-refractivity contribution is 5.81. The molecular weight excluding hydrogens is 230 g/mol. The van der Waals surface area contributed by atoms with Crippen molar-refractivity contribution in [2.45, 2.75) is 6.42 Å². The van der Waals surface area contributed by atoms with Gasteiger partial charge in [0.15, 0.2) is 0 Å². The van der Waals surface area contributed by atoms with Gasteiger partial charge in [0, 0.05) is 17.7 Å². The first-order valence-corrected chi connectivity index (χ1v) is 5.72. The smallest absolute Gasteiger partial charge is 0.323 e. The molecule has 0 spiro atoms. The Bertz CT molecular complexity index is 736. The zero-order valence-corrected chi connectivity index (χ0v) is 9.66. The maximum Gasteiger partial charge on any atom is 0.323 e. The molecule has 0 saturated carbocycles. The van der Waals surface area contributed by atoms with E-state index in [4.69, 9.17) is 5.73 Å². The van der Waals surface area contributed by atoms with E-state index in [2.05, 4.69) is 19.9 Å². The number of imidazole rings is 2. The lowest BCUT2D eigenvalue weighted by Gasteiger charge is -2.01. The van der Waals surface area contributed by atoms with E-state index < -0.39 is 0 Å². The van der Waals surface area contributed by atoms with Gasteiger partial charge in [-0.1, -0.05) is 6.07 Å². The number of nitrogens with one attached hydrogen (secondary N) is 3. The van der Waals surface area contributed by atoms with Crippen molar-refractivity contribution in [3.05, 3.63) is 40.7 Å². The minimum atomic E-state index is -0.202. The fraction of sp³-hybridized carbons (Fsp3) is 0.167. The number of hydrogen-bond donors (Lipinski definition) is 4. The normalized spacial score (nSPS) is 11.2. The van der Waals surface area contributed by atoms with Crippen LogP contribution in [0.15, 0.2) is 29.3 Å². The van der Waals surface area contributed by atoms with Crippen LogP contribution < -0.4 is 11.4 Å². The van der Waals surface area contributed by atoms with Gasteiger partial charge in [-0.2, -0.15) is 0 Å². The molecule has 3 rings (SSSR count). The second kappa shape index (κ2) is 4.15. The topological polar surface area (TPSA) is 103 Å². The summed E-state index contributed by atoms with van der Waals surface area (Å²) >= 11 is 0. The summed E-state index contributed by atoms with van der Waals surface area (Å²) in [6.45, 7) is 0.568. The fourth-order valence-electron chi connectivity index (χ4n) is 2.08. The predicted octanol–water partition coefficient (Wildman–Crippen LogP) is 0.747. The maximum absolute atomic E-state index is 11.2. The van der Waals surface area contributed by atoms with Crippen LogP contribution >= 0.6 is 0 Å². The van der Waals surface area contributed by atoms with E-state index in [1.54, 1.807) is 6.33 Å². The van der Waals surface area contributed by atoms with Crippen molar-refractivity contribution in [2.75, 3.05) is 6.54 Å². The lowest BCUT2D eigenvalue weighted by atomic mass is 10.1. The van der Waals surface area contributed by atoms with Crippen molar-refractivity contribution in [3.63, 3.8) is 0 Å². The fourth-order valence-corrected chi connectivity index (χ4v) is 2.08. The molecule has 0 aliphatic heterocycles. The van der Waals surface area contributed by atoms with Crippen molar-refractivity contribution < 1.29 is 0 Å². The van der Waals surface area contributed by atoms with Crippen LogP contribution in [0.2, 0.25) is 0 Å². The standard InChI is InChI=1S/C12H13N5O/c13-4-3-9-11(15-6-14-9)7-1-2-8-10(5-7)17-12(18)16-8/h1-2,5-6H,3-4,13H2,(H,14,15)(H2,16,17,18). The number of aromatic nitrogens is 4. The zero-order valence-electron chi connectivity index (χ0n) is 9.66. The molecule has 0 radical (unpaired) electrons. The number of rotatable bonds is 3. The summed E-state index contributed by atoms with van der Waals surface area (Å²) in [6, 6.07) is 5.70. The number of nitrogens with zero attached hydrogens (tertiary/aromatic N) is 1. The van der Waals surface area contributed by atoms with Gasteiger partial charge in [0.25, 0.3) is 0 Å². The van der Waals surface area contributed by atoms with Gasteiger partial charge < -0.3 is 20.7 Å². The summed E-state index contributed by atoms with van der Waals surface area (Å²) in [7, 11) is 0. The van der Waals surface area contributed by atoms with Crippen LogP contribution in [-0.2, 0) is 6.42 Å². The van der Waals surface area contributed by atoms with Gasteiger partial charge in [-0.15, -0.1) is 0 Å². The monoisotopic (exact) mass is 243 g/mol. The first-order chi connectivity index (χ1) is 8.78.